The third-order valence-corrected chi connectivity index (χ3v) is 3.42. The van der Waals surface area contributed by atoms with E-state index >= 15 is 0 Å². The van der Waals surface area contributed by atoms with Crippen LogP contribution in [0.25, 0.3) is 0 Å². The fourth-order valence-corrected chi connectivity index (χ4v) is 2.27. The Morgan fingerprint density at radius 1 is 1.30 bits per heavy atom. The molecule has 102 valence electrons. The summed E-state index contributed by atoms with van der Waals surface area (Å²) in [6, 6.07) is 14.5. The number of hydrogen-bond acceptors (Lipinski definition) is 4. The first-order chi connectivity index (χ1) is 9.65. The summed E-state index contributed by atoms with van der Waals surface area (Å²) in [6.45, 7) is 0. The van der Waals surface area contributed by atoms with Crippen LogP contribution in [0.4, 0.5) is 5.69 Å². The Morgan fingerprint density at radius 2 is 2.00 bits per heavy atom. The third kappa shape index (κ3) is 3.03. The number of para-hydroxylation sites is 1. The van der Waals surface area contributed by atoms with E-state index in [0.717, 1.165) is 5.69 Å². The second kappa shape index (κ2) is 6.31. The zero-order valence-electron chi connectivity index (χ0n) is 10.8. The lowest BCUT2D eigenvalue weighted by atomic mass is 10.1. The lowest BCUT2D eigenvalue weighted by Crippen LogP contribution is -2.08. The molecule has 2 aromatic carbocycles. The minimum Gasteiger partial charge on any atom is -0.503 e. The van der Waals surface area contributed by atoms with Crippen molar-refractivity contribution in [1.82, 2.24) is 0 Å². The van der Waals surface area contributed by atoms with E-state index in [1.807, 2.05) is 30.3 Å². The number of anilines is 1. The molecule has 0 bridgehead atoms. The minimum atomic E-state index is -0.539. The summed E-state index contributed by atoms with van der Waals surface area (Å²) in [5.41, 5.74) is 1.56. The van der Waals surface area contributed by atoms with Crippen molar-refractivity contribution < 1.29 is 9.84 Å². The molecule has 0 radical (unpaired) electrons. The number of nitriles is 1. The van der Waals surface area contributed by atoms with Gasteiger partial charge in [-0.2, -0.15) is 5.26 Å². The number of methoxy groups -OCH3 is 1. The third-order valence-electron chi connectivity index (χ3n) is 2.82. The number of phenols is 1. The lowest BCUT2D eigenvalue weighted by molar-refractivity contribution is 0.371. The lowest BCUT2D eigenvalue weighted by Gasteiger charge is -2.15. The molecule has 0 aliphatic rings. The summed E-state index contributed by atoms with van der Waals surface area (Å²) in [7, 11) is 1.47. The van der Waals surface area contributed by atoms with E-state index in [1.165, 1.54) is 7.11 Å². The van der Waals surface area contributed by atoms with E-state index in [-0.39, 0.29) is 5.75 Å². The van der Waals surface area contributed by atoms with E-state index < -0.39 is 6.04 Å². The van der Waals surface area contributed by atoms with Gasteiger partial charge in [0.15, 0.2) is 11.5 Å². The SMILES string of the molecule is COc1cc(C(C#N)Nc2ccccc2)cc(Br)c1O. The number of nitrogens with one attached hydrogen (secondary N) is 1. The highest BCUT2D eigenvalue weighted by molar-refractivity contribution is 9.10. The molecule has 0 aromatic heterocycles. The molecule has 0 saturated carbocycles. The van der Waals surface area contributed by atoms with Crippen LogP contribution in [-0.2, 0) is 0 Å². The maximum absolute atomic E-state index is 9.79. The summed E-state index contributed by atoms with van der Waals surface area (Å²) in [6.07, 6.45) is 0. The van der Waals surface area contributed by atoms with Crippen LogP contribution in [0.15, 0.2) is 46.9 Å². The smallest absolute Gasteiger partial charge is 0.172 e. The number of phenolic OH excluding ortho intramolecular Hbond substituents is 1. The first kappa shape index (κ1) is 14.2. The summed E-state index contributed by atoms with van der Waals surface area (Å²) >= 11 is 3.25. The van der Waals surface area contributed by atoms with Crippen molar-refractivity contribution in [3.05, 3.63) is 52.5 Å². The molecule has 4 nitrogen and oxygen atoms in total. The Balaban J connectivity index is 2.33. The molecule has 0 heterocycles. The van der Waals surface area contributed by atoms with Crippen LogP contribution in [0.1, 0.15) is 11.6 Å². The summed E-state index contributed by atoms with van der Waals surface area (Å²) in [5.74, 6) is 0.345. The van der Waals surface area contributed by atoms with Gasteiger partial charge in [0.25, 0.3) is 0 Å². The van der Waals surface area contributed by atoms with Crippen LogP contribution in [0.3, 0.4) is 0 Å². The number of rotatable bonds is 4. The Kier molecular flexibility index (Phi) is 4.49. The highest BCUT2D eigenvalue weighted by Crippen LogP contribution is 2.37. The molecule has 1 atom stereocenters. The van der Waals surface area contributed by atoms with Crippen molar-refractivity contribution in [2.24, 2.45) is 0 Å². The fourth-order valence-electron chi connectivity index (χ4n) is 1.81. The molecule has 0 saturated heterocycles. The van der Waals surface area contributed by atoms with Gasteiger partial charge < -0.3 is 15.2 Å². The molecule has 20 heavy (non-hydrogen) atoms. The maximum atomic E-state index is 9.79. The van der Waals surface area contributed by atoms with Crippen molar-refractivity contribution >= 4 is 21.6 Å². The molecular weight excluding hydrogens is 320 g/mol. The summed E-state index contributed by atoms with van der Waals surface area (Å²) in [4.78, 5) is 0. The molecule has 5 heteroatoms. The second-order valence-electron chi connectivity index (χ2n) is 4.13. The highest BCUT2D eigenvalue weighted by atomic mass is 79.9. The molecule has 0 fully saturated rings. The summed E-state index contributed by atoms with van der Waals surface area (Å²) < 4.78 is 5.58. The van der Waals surface area contributed by atoms with Gasteiger partial charge in [0.2, 0.25) is 0 Å². The standard InChI is InChI=1S/C15H13BrN2O2/c1-20-14-8-10(7-12(16)15(14)19)13(9-17)18-11-5-3-2-4-6-11/h2-8,13,18-19H,1H3. The largest absolute Gasteiger partial charge is 0.503 e. The fraction of sp³-hybridized carbons (Fsp3) is 0.133. The maximum Gasteiger partial charge on any atom is 0.172 e. The second-order valence-corrected chi connectivity index (χ2v) is 4.98. The average molecular weight is 333 g/mol. The Labute approximate surface area is 125 Å². The van der Waals surface area contributed by atoms with Gasteiger partial charge in [0.05, 0.1) is 17.7 Å². The number of nitrogens with zero attached hydrogens (tertiary/aromatic N) is 1. The zero-order chi connectivity index (χ0) is 14.5. The van der Waals surface area contributed by atoms with Gasteiger partial charge in [-0.3, -0.25) is 0 Å². The molecule has 0 aliphatic carbocycles. The van der Waals surface area contributed by atoms with Gasteiger partial charge >= 0.3 is 0 Å². The van der Waals surface area contributed by atoms with Gasteiger partial charge in [0.1, 0.15) is 6.04 Å². The zero-order valence-corrected chi connectivity index (χ0v) is 12.4. The van der Waals surface area contributed by atoms with Gasteiger partial charge in [0, 0.05) is 5.69 Å². The predicted octanol–water partition coefficient (Wildman–Crippen LogP) is 3.84. The van der Waals surface area contributed by atoms with E-state index in [2.05, 4.69) is 27.3 Å². The number of aromatic hydroxyl groups is 1. The van der Waals surface area contributed by atoms with E-state index in [1.54, 1.807) is 12.1 Å². The van der Waals surface area contributed by atoms with Gasteiger partial charge in [-0.25, -0.2) is 0 Å². The monoisotopic (exact) mass is 332 g/mol. The van der Waals surface area contributed by atoms with E-state index in [4.69, 9.17) is 4.74 Å². The quantitative estimate of drug-likeness (QED) is 0.892. The first-order valence-corrected chi connectivity index (χ1v) is 6.72. The molecule has 1 unspecified atom stereocenters. The Bertz CT molecular complexity index is 638. The molecule has 2 N–H and O–H groups in total. The number of halogens is 1. The molecule has 0 aliphatic heterocycles. The minimum absolute atomic E-state index is 0.0210. The van der Waals surface area contributed by atoms with E-state index in [0.29, 0.717) is 15.8 Å². The summed E-state index contributed by atoms with van der Waals surface area (Å²) in [5, 5.41) is 22.2. The van der Waals surface area contributed by atoms with Crippen LogP contribution in [0.2, 0.25) is 0 Å². The van der Waals surface area contributed by atoms with Crippen molar-refractivity contribution in [3.63, 3.8) is 0 Å². The van der Waals surface area contributed by atoms with Crippen molar-refractivity contribution in [3.8, 4) is 17.6 Å². The van der Waals surface area contributed by atoms with Crippen LogP contribution in [0.5, 0.6) is 11.5 Å². The van der Waals surface area contributed by atoms with Crippen LogP contribution in [0, 0.1) is 11.3 Å². The van der Waals surface area contributed by atoms with Gasteiger partial charge in [-0.1, -0.05) is 18.2 Å². The highest BCUT2D eigenvalue weighted by Gasteiger charge is 2.16. The number of hydrogen-bond donors (Lipinski definition) is 2. The number of benzene rings is 2. The number of ether oxygens (including phenoxy) is 1. The van der Waals surface area contributed by atoms with Crippen LogP contribution in [-0.4, -0.2) is 12.2 Å². The van der Waals surface area contributed by atoms with Gasteiger partial charge in [-0.05, 0) is 45.8 Å². The van der Waals surface area contributed by atoms with Crippen molar-refractivity contribution in [2.75, 3.05) is 12.4 Å². The first-order valence-electron chi connectivity index (χ1n) is 5.93. The molecule has 0 amide bonds. The molecule has 0 spiro atoms. The molecule has 2 rings (SSSR count). The van der Waals surface area contributed by atoms with Crippen molar-refractivity contribution in [1.29, 1.82) is 5.26 Å². The topological polar surface area (TPSA) is 65.3 Å². The van der Waals surface area contributed by atoms with Crippen molar-refractivity contribution in [2.45, 2.75) is 6.04 Å². The Morgan fingerprint density at radius 3 is 2.60 bits per heavy atom. The predicted molar refractivity (Wildman–Crippen MR) is 80.8 cm³/mol. The molecular formula is C15H13BrN2O2. The Hall–Kier alpha value is -2.19. The average Bonchev–Trinajstić information content (AvgIpc) is 2.48. The normalized spacial score (nSPS) is 11.4. The molecule has 2 aromatic rings. The van der Waals surface area contributed by atoms with E-state index in [9.17, 15) is 10.4 Å². The van der Waals surface area contributed by atoms with Crippen LogP contribution >= 0.6 is 15.9 Å². The van der Waals surface area contributed by atoms with Gasteiger partial charge in [-0.15, -0.1) is 0 Å². The van der Waals surface area contributed by atoms with Crippen LogP contribution < -0.4 is 10.1 Å².